The van der Waals surface area contributed by atoms with E-state index in [-0.39, 0.29) is 10.7 Å². The lowest BCUT2D eigenvalue weighted by Gasteiger charge is -2.09. The van der Waals surface area contributed by atoms with Crippen LogP contribution < -0.4 is 4.72 Å². The summed E-state index contributed by atoms with van der Waals surface area (Å²) in [5, 5.41) is 0. The number of unbranched alkanes of at least 4 members (excludes halogenated alkanes) is 6. The van der Waals surface area contributed by atoms with Gasteiger partial charge in [-0.05, 0) is 44.9 Å². The molecule has 0 atom stereocenters. The number of sulfonamides is 1. The van der Waals surface area contributed by atoms with Crippen LogP contribution >= 0.6 is 0 Å². The number of benzene rings is 1. The Bertz CT molecular complexity index is 764. The summed E-state index contributed by atoms with van der Waals surface area (Å²) in [6.45, 7) is 9.68. The van der Waals surface area contributed by atoms with Crippen LogP contribution in [0.3, 0.4) is 0 Å². The number of aryl methyl sites for hydroxylation is 1. The van der Waals surface area contributed by atoms with E-state index in [0.717, 1.165) is 24.0 Å². The Labute approximate surface area is 169 Å². The molecule has 1 rings (SSSR count). The standard InChI is InChI=1S/C22H33NO4S/c1-5-6-7-8-9-10-11-12-19(3)17-20(4)27-22(24)23-28(25,26)21-15-13-18(2)14-16-21/h13-17H,4-12H2,1-3H3,(H,23,24)/b19-17+. The quantitative estimate of drug-likeness (QED) is 0.262. The summed E-state index contributed by atoms with van der Waals surface area (Å²) < 4.78 is 31.2. The van der Waals surface area contributed by atoms with E-state index in [4.69, 9.17) is 4.74 Å². The van der Waals surface area contributed by atoms with Gasteiger partial charge in [-0.3, -0.25) is 0 Å². The van der Waals surface area contributed by atoms with Gasteiger partial charge in [0.15, 0.2) is 0 Å². The van der Waals surface area contributed by atoms with Crippen molar-refractivity contribution in [3.63, 3.8) is 0 Å². The van der Waals surface area contributed by atoms with Crippen LogP contribution in [-0.2, 0) is 14.8 Å². The van der Waals surface area contributed by atoms with E-state index in [0.29, 0.717) is 0 Å². The topological polar surface area (TPSA) is 72.5 Å². The summed E-state index contributed by atoms with van der Waals surface area (Å²) in [7, 11) is -3.96. The summed E-state index contributed by atoms with van der Waals surface area (Å²) in [5.74, 6) is 0.122. The Balaban J connectivity index is 2.39. The van der Waals surface area contributed by atoms with Crippen LogP contribution in [0.1, 0.15) is 70.8 Å². The number of amides is 1. The highest BCUT2D eigenvalue weighted by atomic mass is 32.2. The molecule has 0 aliphatic rings. The Morgan fingerprint density at radius 3 is 2.25 bits per heavy atom. The van der Waals surface area contributed by atoms with Crippen LogP contribution in [-0.4, -0.2) is 14.5 Å². The predicted molar refractivity (Wildman–Crippen MR) is 113 cm³/mol. The fourth-order valence-electron chi connectivity index (χ4n) is 2.76. The summed E-state index contributed by atoms with van der Waals surface area (Å²) in [6.07, 6.45) is 10.2. The van der Waals surface area contributed by atoms with Gasteiger partial charge >= 0.3 is 6.09 Å². The predicted octanol–water partition coefficient (Wildman–Crippen LogP) is 6.01. The van der Waals surface area contributed by atoms with E-state index in [1.807, 2.05) is 18.6 Å². The Morgan fingerprint density at radius 2 is 1.64 bits per heavy atom. The molecule has 0 saturated heterocycles. The number of nitrogens with one attached hydrogen (secondary N) is 1. The third kappa shape index (κ3) is 9.74. The first kappa shape index (κ1) is 24.0. The van der Waals surface area contributed by atoms with Gasteiger partial charge < -0.3 is 4.74 Å². The zero-order valence-electron chi connectivity index (χ0n) is 17.3. The van der Waals surface area contributed by atoms with Gasteiger partial charge in [-0.15, -0.1) is 0 Å². The van der Waals surface area contributed by atoms with Gasteiger partial charge in [-0.25, -0.2) is 17.9 Å². The molecule has 0 aliphatic heterocycles. The molecule has 6 heteroatoms. The van der Waals surface area contributed by atoms with Gasteiger partial charge in [0.05, 0.1) is 4.90 Å². The lowest BCUT2D eigenvalue weighted by molar-refractivity contribution is 0.186. The Morgan fingerprint density at radius 1 is 1.07 bits per heavy atom. The Hall–Kier alpha value is -2.08. The first-order valence-corrected chi connectivity index (χ1v) is 11.4. The number of allylic oxidation sites excluding steroid dienone is 2. The van der Waals surface area contributed by atoms with Gasteiger partial charge in [-0.2, -0.15) is 0 Å². The molecule has 1 N–H and O–H groups in total. The SMILES string of the molecule is C=C(/C=C(\C)CCCCCCCCC)OC(=O)NS(=O)(=O)c1ccc(C)cc1. The normalized spacial score (nSPS) is 11.9. The first-order chi connectivity index (χ1) is 13.2. The highest BCUT2D eigenvalue weighted by Gasteiger charge is 2.18. The molecule has 5 nitrogen and oxygen atoms in total. The van der Waals surface area contributed by atoms with E-state index in [1.54, 1.807) is 18.2 Å². The number of carbonyl (C=O) groups is 1. The van der Waals surface area contributed by atoms with Gasteiger partial charge in [0.1, 0.15) is 5.76 Å². The summed E-state index contributed by atoms with van der Waals surface area (Å²) in [4.78, 5) is 11.9. The minimum atomic E-state index is -3.96. The molecule has 0 bridgehead atoms. The lowest BCUT2D eigenvalue weighted by Crippen LogP contribution is -2.30. The lowest BCUT2D eigenvalue weighted by atomic mass is 10.1. The number of hydrogen-bond acceptors (Lipinski definition) is 4. The highest BCUT2D eigenvalue weighted by molar-refractivity contribution is 7.90. The van der Waals surface area contributed by atoms with Crippen molar-refractivity contribution in [1.29, 1.82) is 0 Å². The maximum atomic E-state index is 12.2. The number of hydrogen-bond donors (Lipinski definition) is 1. The van der Waals surface area contributed by atoms with Gasteiger partial charge in [0.25, 0.3) is 10.0 Å². The maximum absolute atomic E-state index is 12.2. The highest BCUT2D eigenvalue weighted by Crippen LogP contribution is 2.14. The van der Waals surface area contributed by atoms with E-state index < -0.39 is 16.1 Å². The molecule has 1 aromatic carbocycles. The molecule has 0 radical (unpaired) electrons. The zero-order chi connectivity index (χ0) is 21.0. The molecule has 0 spiro atoms. The molecule has 1 aromatic rings. The smallest absolute Gasteiger partial charge is 0.410 e. The van der Waals surface area contributed by atoms with Crippen molar-refractivity contribution >= 4 is 16.1 Å². The Kier molecular flexibility index (Phi) is 10.6. The van der Waals surface area contributed by atoms with E-state index in [2.05, 4.69) is 13.5 Å². The zero-order valence-corrected chi connectivity index (χ0v) is 18.1. The van der Waals surface area contributed by atoms with E-state index >= 15 is 0 Å². The molecule has 0 unspecified atom stereocenters. The van der Waals surface area contributed by atoms with Crippen LogP contribution in [0, 0.1) is 6.92 Å². The summed E-state index contributed by atoms with van der Waals surface area (Å²) >= 11 is 0. The summed E-state index contributed by atoms with van der Waals surface area (Å²) in [5.41, 5.74) is 1.98. The van der Waals surface area contributed by atoms with E-state index in [9.17, 15) is 13.2 Å². The van der Waals surface area contributed by atoms with Crippen LogP contribution in [0.2, 0.25) is 0 Å². The third-order valence-electron chi connectivity index (χ3n) is 4.35. The second-order valence-electron chi connectivity index (χ2n) is 7.14. The minimum absolute atomic E-state index is 0.00585. The van der Waals surface area contributed by atoms with Crippen molar-refractivity contribution in [2.45, 2.75) is 77.0 Å². The van der Waals surface area contributed by atoms with Gasteiger partial charge in [0.2, 0.25) is 0 Å². The van der Waals surface area contributed by atoms with Crippen LogP contribution in [0.4, 0.5) is 4.79 Å². The fraction of sp³-hybridized carbons (Fsp3) is 0.500. The largest absolute Gasteiger partial charge is 0.426 e. The van der Waals surface area contributed by atoms with Crippen molar-refractivity contribution in [3.8, 4) is 0 Å². The minimum Gasteiger partial charge on any atom is -0.410 e. The molecule has 0 aliphatic carbocycles. The van der Waals surface area contributed by atoms with Gasteiger partial charge in [0, 0.05) is 0 Å². The van der Waals surface area contributed by atoms with E-state index in [1.165, 1.54) is 50.7 Å². The van der Waals surface area contributed by atoms with Crippen LogP contribution in [0.15, 0.2) is 53.1 Å². The molecule has 1 amide bonds. The molecule has 0 fully saturated rings. The third-order valence-corrected chi connectivity index (χ3v) is 5.68. The number of carbonyl (C=O) groups excluding carboxylic acids is 1. The molecular formula is C22H33NO4S. The average molecular weight is 408 g/mol. The van der Waals surface area contributed by atoms with Crippen molar-refractivity contribution in [2.24, 2.45) is 0 Å². The molecule has 0 saturated carbocycles. The first-order valence-electron chi connectivity index (χ1n) is 9.92. The maximum Gasteiger partial charge on any atom is 0.426 e. The van der Waals surface area contributed by atoms with Gasteiger partial charge in [-0.1, -0.05) is 75.3 Å². The second kappa shape index (κ2) is 12.4. The number of rotatable bonds is 12. The molecule has 0 aromatic heterocycles. The molecule has 156 valence electrons. The average Bonchev–Trinajstić information content (AvgIpc) is 2.60. The second-order valence-corrected chi connectivity index (χ2v) is 8.82. The van der Waals surface area contributed by atoms with Crippen molar-refractivity contribution < 1.29 is 17.9 Å². The molecule has 0 heterocycles. The van der Waals surface area contributed by atoms with Crippen molar-refractivity contribution in [3.05, 3.63) is 53.8 Å². The van der Waals surface area contributed by atoms with Crippen LogP contribution in [0.5, 0.6) is 0 Å². The molecule has 28 heavy (non-hydrogen) atoms. The van der Waals surface area contributed by atoms with Crippen LogP contribution in [0.25, 0.3) is 0 Å². The number of ether oxygens (including phenoxy) is 1. The van der Waals surface area contributed by atoms with Crippen molar-refractivity contribution in [1.82, 2.24) is 4.72 Å². The fourth-order valence-corrected chi connectivity index (χ4v) is 3.64. The molecular weight excluding hydrogens is 374 g/mol. The summed E-state index contributed by atoms with van der Waals surface area (Å²) in [6, 6.07) is 6.20. The monoisotopic (exact) mass is 407 g/mol. The van der Waals surface area contributed by atoms with Crippen molar-refractivity contribution in [2.75, 3.05) is 0 Å².